The van der Waals surface area contributed by atoms with E-state index in [-0.39, 0.29) is 5.84 Å². The van der Waals surface area contributed by atoms with Gasteiger partial charge in [-0.3, -0.25) is 4.98 Å². The number of nitrogens with two attached hydrogens (primary N) is 1. The second-order valence-corrected chi connectivity index (χ2v) is 5.54. The van der Waals surface area contributed by atoms with Crippen molar-refractivity contribution < 1.29 is 5.21 Å². The number of aromatic nitrogens is 1. The van der Waals surface area contributed by atoms with Gasteiger partial charge in [-0.05, 0) is 48.1 Å². The fourth-order valence-electron chi connectivity index (χ4n) is 1.94. The molecule has 1 unspecified atom stereocenters. The monoisotopic (exact) mass is 266 g/mol. The zero-order valence-electron chi connectivity index (χ0n) is 10.2. The molecule has 1 aliphatic rings. The van der Waals surface area contributed by atoms with E-state index in [0.29, 0.717) is 5.69 Å². The van der Waals surface area contributed by atoms with Crippen molar-refractivity contribution in [3.05, 3.63) is 29.6 Å². The molecule has 0 aliphatic carbocycles. The molecule has 4 N–H and O–H groups in total. The van der Waals surface area contributed by atoms with Gasteiger partial charge in [0.2, 0.25) is 0 Å². The van der Waals surface area contributed by atoms with Gasteiger partial charge >= 0.3 is 0 Å². The van der Waals surface area contributed by atoms with Crippen LogP contribution in [0, 0.1) is 5.92 Å². The number of hydrogen-bond acceptors (Lipinski definition) is 5. The largest absolute Gasteiger partial charge is 0.409 e. The smallest absolute Gasteiger partial charge is 0.188 e. The van der Waals surface area contributed by atoms with Crippen LogP contribution in [0.1, 0.15) is 17.7 Å². The summed E-state index contributed by atoms with van der Waals surface area (Å²) in [7, 11) is 0. The van der Waals surface area contributed by atoms with Crippen LogP contribution in [0.3, 0.4) is 0 Å². The Balaban J connectivity index is 1.85. The molecule has 1 aromatic heterocycles. The zero-order valence-corrected chi connectivity index (χ0v) is 11.0. The summed E-state index contributed by atoms with van der Waals surface area (Å²) in [4.78, 5) is 4.05. The van der Waals surface area contributed by atoms with Crippen molar-refractivity contribution in [1.82, 2.24) is 10.3 Å². The number of amidine groups is 1. The van der Waals surface area contributed by atoms with Gasteiger partial charge in [0.15, 0.2) is 5.84 Å². The van der Waals surface area contributed by atoms with Gasteiger partial charge in [0.05, 0.1) is 0 Å². The molecule has 0 amide bonds. The first-order chi connectivity index (χ1) is 8.79. The van der Waals surface area contributed by atoms with Crippen LogP contribution >= 0.6 is 11.8 Å². The fourth-order valence-corrected chi connectivity index (χ4v) is 3.23. The Morgan fingerprint density at radius 1 is 1.67 bits per heavy atom. The van der Waals surface area contributed by atoms with Crippen LogP contribution in [0.15, 0.2) is 23.5 Å². The maximum atomic E-state index is 8.60. The summed E-state index contributed by atoms with van der Waals surface area (Å²) in [5, 5.41) is 15.0. The minimum atomic E-state index is 0.0454. The van der Waals surface area contributed by atoms with E-state index >= 15 is 0 Å². The highest BCUT2D eigenvalue weighted by atomic mass is 32.2. The SMILES string of the molecule is N/C(=N/O)c1cc(CNCC2CCSC2)ccn1. The van der Waals surface area contributed by atoms with Gasteiger partial charge in [0.1, 0.15) is 5.69 Å². The van der Waals surface area contributed by atoms with Gasteiger partial charge in [-0.15, -0.1) is 0 Å². The standard InChI is InChI=1S/C12H18N4OS/c13-12(16-17)11-5-9(1-3-15-11)6-14-7-10-2-4-18-8-10/h1,3,5,10,14,17H,2,4,6-8H2,(H2,13,16). The van der Waals surface area contributed by atoms with E-state index in [4.69, 9.17) is 10.9 Å². The van der Waals surface area contributed by atoms with Gasteiger partial charge < -0.3 is 16.3 Å². The summed E-state index contributed by atoms with van der Waals surface area (Å²) < 4.78 is 0. The summed E-state index contributed by atoms with van der Waals surface area (Å²) in [5.41, 5.74) is 7.11. The van der Waals surface area contributed by atoms with E-state index in [2.05, 4.69) is 15.5 Å². The Bertz CT molecular complexity index is 418. The third-order valence-electron chi connectivity index (χ3n) is 2.98. The molecular weight excluding hydrogens is 248 g/mol. The Labute approximate surface area is 111 Å². The van der Waals surface area contributed by atoms with Gasteiger partial charge in [-0.1, -0.05) is 5.16 Å². The minimum absolute atomic E-state index is 0.0454. The minimum Gasteiger partial charge on any atom is -0.409 e. The van der Waals surface area contributed by atoms with E-state index in [1.54, 1.807) is 6.20 Å². The molecule has 1 aromatic rings. The van der Waals surface area contributed by atoms with E-state index in [1.165, 1.54) is 17.9 Å². The van der Waals surface area contributed by atoms with E-state index in [1.807, 2.05) is 23.9 Å². The molecule has 2 rings (SSSR count). The van der Waals surface area contributed by atoms with Crippen molar-refractivity contribution in [2.75, 3.05) is 18.1 Å². The van der Waals surface area contributed by atoms with E-state index < -0.39 is 0 Å². The number of nitrogens with one attached hydrogen (secondary N) is 1. The van der Waals surface area contributed by atoms with Crippen LogP contribution in [0.25, 0.3) is 0 Å². The second kappa shape index (κ2) is 6.61. The molecular formula is C12H18N4OS. The number of oxime groups is 1. The molecule has 6 heteroatoms. The molecule has 1 saturated heterocycles. The summed E-state index contributed by atoms with van der Waals surface area (Å²) in [6.07, 6.45) is 2.99. The molecule has 2 heterocycles. The summed E-state index contributed by atoms with van der Waals surface area (Å²) >= 11 is 2.03. The molecule has 0 aromatic carbocycles. The number of pyridine rings is 1. The number of thioether (sulfide) groups is 1. The molecule has 18 heavy (non-hydrogen) atoms. The Hall–Kier alpha value is -1.27. The average Bonchev–Trinajstić information content (AvgIpc) is 2.91. The summed E-state index contributed by atoms with van der Waals surface area (Å²) in [6.45, 7) is 1.84. The lowest BCUT2D eigenvalue weighted by Gasteiger charge is -2.10. The molecule has 1 fully saturated rings. The van der Waals surface area contributed by atoms with Crippen LogP contribution in [-0.4, -0.2) is 34.1 Å². The normalized spacial score (nSPS) is 20.2. The van der Waals surface area contributed by atoms with Crippen LogP contribution < -0.4 is 11.1 Å². The van der Waals surface area contributed by atoms with Crippen molar-refractivity contribution in [1.29, 1.82) is 0 Å². The predicted octanol–water partition coefficient (Wildman–Crippen LogP) is 1.02. The highest BCUT2D eigenvalue weighted by Crippen LogP contribution is 2.22. The first-order valence-corrected chi connectivity index (χ1v) is 7.16. The molecule has 98 valence electrons. The van der Waals surface area contributed by atoms with Crippen LogP contribution in [0.2, 0.25) is 0 Å². The molecule has 0 spiro atoms. The van der Waals surface area contributed by atoms with Crippen LogP contribution in [-0.2, 0) is 6.54 Å². The first kappa shape index (κ1) is 13.2. The van der Waals surface area contributed by atoms with Crippen molar-refractivity contribution in [3.63, 3.8) is 0 Å². The fraction of sp³-hybridized carbons (Fsp3) is 0.500. The van der Waals surface area contributed by atoms with Crippen molar-refractivity contribution in [2.24, 2.45) is 16.8 Å². The van der Waals surface area contributed by atoms with Crippen molar-refractivity contribution in [2.45, 2.75) is 13.0 Å². The van der Waals surface area contributed by atoms with Gasteiger partial charge in [-0.2, -0.15) is 11.8 Å². The average molecular weight is 266 g/mol. The molecule has 1 aliphatic heterocycles. The molecule has 0 saturated carbocycles. The number of rotatable bonds is 5. The van der Waals surface area contributed by atoms with E-state index in [9.17, 15) is 0 Å². The van der Waals surface area contributed by atoms with Gasteiger partial charge in [0.25, 0.3) is 0 Å². The zero-order chi connectivity index (χ0) is 12.8. The Morgan fingerprint density at radius 2 is 2.56 bits per heavy atom. The molecule has 0 bridgehead atoms. The molecule has 0 radical (unpaired) electrons. The molecule has 5 nitrogen and oxygen atoms in total. The number of nitrogens with zero attached hydrogens (tertiary/aromatic N) is 2. The quantitative estimate of drug-likeness (QED) is 0.321. The Kier molecular flexibility index (Phi) is 4.83. The third-order valence-corrected chi connectivity index (χ3v) is 4.21. The second-order valence-electron chi connectivity index (χ2n) is 4.40. The van der Waals surface area contributed by atoms with Crippen molar-refractivity contribution >= 4 is 17.6 Å². The van der Waals surface area contributed by atoms with E-state index in [0.717, 1.165) is 24.6 Å². The lowest BCUT2D eigenvalue weighted by atomic mass is 10.1. The lowest BCUT2D eigenvalue weighted by molar-refractivity contribution is 0.318. The highest BCUT2D eigenvalue weighted by molar-refractivity contribution is 7.99. The lowest BCUT2D eigenvalue weighted by Crippen LogP contribution is -2.22. The van der Waals surface area contributed by atoms with Gasteiger partial charge in [0, 0.05) is 12.7 Å². The summed E-state index contributed by atoms with van der Waals surface area (Å²) in [6, 6.07) is 3.77. The molecule has 1 atom stereocenters. The van der Waals surface area contributed by atoms with Crippen LogP contribution in [0.5, 0.6) is 0 Å². The van der Waals surface area contributed by atoms with Gasteiger partial charge in [-0.25, -0.2) is 0 Å². The Morgan fingerprint density at radius 3 is 3.28 bits per heavy atom. The maximum absolute atomic E-state index is 8.60. The highest BCUT2D eigenvalue weighted by Gasteiger charge is 2.14. The maximum Gasteiger partial charge on any atom is 0.188 e. The summed E-state index contributed by atoms with van der Waals surface area (Å²) in [5.74, 6) is 3.39. The third kappa shape index (κ3) is 3.61. The topological polar surface area (TPSA) is 83.5 Å². The predicted molar refractivity (Wildman–Crippen MR) is 73.9 cm³/mol. The van der Waals surface area contributed by atoms with Crippen LogP contribution in [0.4, 0.5) is 0 Å². The first-order valence-electron chi connectivity index (χ1n) is 6.01. The van der Waals surface area contributed by atoms with Crippen molar-refractivity contribution in [3.8, 4) is 0 Å². The number of hydrogen-bond donors (Lipinski definition) is 3.